The Morgan fingerprint density at radius 3 is 2.38 bits per heavy atom. The van der Waals surface area contributed by atoms with E-state index >= 15 is 0 Å². The summed E-state index contributed by atoms with van der Waals surface area (Å²) in [4.78, 5) is 29.5. The van der Waals surface area contributed by atoms with Gasteiger partial charge in [-0.3, -0.25) is 9.59 Å². The first-order valence-electron chi connectivity index (χ1n) is 8.89. The van der Waals surface area contributed by atoms with Gasteiger partial charge in [-0.15, -0.1) is 0 Å². The predicted octanol–water partition coefficient (Wildman–Crippen LogP) is 1.09. The molecule has 2 aromatic rings. The van der Waals surface area contributed by atoms with Crippen molar-refractivity contribution in [2.24, 2.45) is 0 Å². The smallest absolute Gasteiger partial charge is 0.241 e. The second-order valence-electron chi connectivity index (χ2n) is 6.65. The summed E-state index contributed by atoms with van der Waals surface area (Å²) in [5, 5.41) is 5.28. The Morgan fingerprint density at radius 2 is 1.79 bits per heavy atom. The summed E-state index contributed by atoms with van der Waals surface area (Å²) in [6.07, 6.45) is 1.66. The number of sulfonamides is 1. The van der Waals surface area contributed by atoms with Crippen LogP contribution in [0.15, 0.2) is 47.5 Å². The molecule has 0 radical (unpaired) electrons. The fourth-order valence-electron chi connectivity index (χ4n) is 2.58. The lowest BCUT2D eigenvalue weighted by Crippen LogP contribution is -2.44. The maximum absolute atomic E-state index is 12.5. The highest BCUT2D eigenvalue weighted by Crippen LogP contribution is 2.15. The van der Waals surface area contributed by atoms with Crippen molar-refractivity contribution in [2.75, 3.05) is 24.3 Å². The summed E-state index contributed by atoms with van der Waals surface area (Å²) in [5.41, 5.74) is 1.30. The standard InChI is InChI=1S/C19H25N5O4S/c1-13(19(26)21-12-15-6-5-11-20-18(15)24(3)4)23-29(27,28)17-9-7-16(8-10-17)22-14(2)25/h5-11,13,23H,12H2,1-4H3,(H,21,26)(H,22,25)/t13-/m0/s1. The minimum Gasteiger partial charge on any atom is -0.362 e. The van der Waals surface area contributed by atoms with Gasteiger partial charge in [-0.05, 0) is 37.3 Å². The maximum atomic E-state index is 12.5. The molecule has 0 aliphatic heterocycles. The zero-order valence-corrected chi connectivity index (χ0v) is 17.6. The number of nitrogens with one attached hydrogen (secondary N) is 3. The average molecular weight is 420 g/mol. The normalized spacial score (nSPS) is 12.1. The summed E-state index contributed by atoms with van der Waals surface area (Å²) in [6, 6.07) is 8.31. The molecule has 10 heteroatoms. The third kappa shape index (κ3) is 6.26. The number of carbonyl (C=O) groups is 2. The minimum absolute atomic E-state index is 0.00611. The number of benzene rings is 1. The Hall–Kier alpha value is -2.98. The molecule has 9 nitrogen and oxygen atoms in total. The molecule has 0 spiro atoms. The average Bonchev–Trinajstić information content (AvgIpc) is 2.65. The van der Waals surface area contributed by atoms with Crippen molar-refractivity contribution in [3.8, 4) is 0 Å². The van der Waals surface area contributed by atoms with Crippen LogP contribution in [0.2, 0.25) is 0 Å². The predicted molar refractivity (Wildman–Crippen MR) is 111 cm³/mol. The van der Waals surface area contributed by atoms with Crippen LogP contribution in [-0.4, -0.2) is 45.4 Å². The molecule has 0 aliphatic carbocycles. The summed E-state index contributed by atoms with van der Waals surface area (Å²) in [5.74, 6) is 0.00682. The molecule has 0 saturated carbocycles. The lowest BCUT2D eigenvalue weighted by Gasteiger charge is -2.18. The van der Waals surface area contributed by atoms with Crippen LogP contribution < -0.4 is 20.3 Å². The number of hydrogen-bond acceptors (Lipinski definition) is 6. The van der Waals surface area contributed by atoms with Crippen LogP contribution in [0, 0.1) is 0 Å². The van der Waals surface area contributed by atoms with Crippen molar-refractivity contribution in [1.82, 2.24) is 15.0 Å². The first-order valence-corrected chi connectivity index (χ1v) is 10.4. The van der Waals surface area contributed by atoms with Crippen molar-refractivity contribution in [3.05, 3.63) is 48.2 Å². The fraction of sp³-hybridized carbons (Fsp3) is 0.316. The summed E-state index contributed by atoms with van der Waals surface area (Å²) >= 11 is 0. The maximum Gasteiger partial charge on any atom is 0.241 e. The van der Waals surface area contributed by atoms with Gasteiger partial charge in [0, 0.05) is 45.0 Å². The van der Waals surface area contributed by atoms with E-state index in [1.807, 2.05) is 25.1 Å². The fourth-order valence-corrected chi connectivity index (χ4v) is 3.78. The molecule has 1 aromatic heterocycles. The van der Waals surface area contributed by atoms with E-state index in [2.05, 4.69) is 20.3 Å². The zero-order chi connectivity index (χ0) is 21.6. The van der Waals surface area contributed by atoms with Crippen LogP contribution >= 0.6 is 0 Å². The molecule has 156 valence electrons. The first-order chi connectivity index (χ1) is 13.6. The molecule has 29 heavy (non-hydrogen) atoms. The van der Waals surface area contributed by atoms with Crippen LogP contribution in [0.25, 0.3) is 0 Å². The van der Waals surface area contributed by atoms with Crippen molar-refractivity contribution < 1.29 is 18.0 Å². The van der Waals surface area contributed by atoms with Gasteiger partial charge in [-0.1, -0.05) is 6.07 Å². The SMILES string of the molecule is CC(=O)Nc1ccc(S(=O)(=O)N[C@@H](C)C(=O)NCc2cccnc2N(C)C)cc1. The van der Waals surface area contributed by atoms with Crippen molar-refractivity contribution in [1.29, 1.82) is 0 Å². The Morgan fingerprint density at radius 1 is 1.14 bits per heavy atom. The van der Waals surface area contributed by atoms with Gasteiger partial charge in [-0.2, -0.15) is 4.72 Å². The number of nitrogens with zero attached hydrogens (tertiary/aromatic N) is 2. The van der Waals surface area contributed by atoms with Gasteiger partial charge in [0.15, 0.2) is 0 Å². The highest BCUT2D eigenvalue weighted by atomic mass is 32.2. The number of amides is 2. The van der Waals surface area contributed by atoms with Gasteiger partial charge >= 0.3 is 0 Å². The molecule has 2 amide bonds. The van der Waals surface area contributed by atoms with E-state index in [0.717, 1.165) is 11.4 Å². The van der Waals surface area contributed by atoms with Crippen LogP contribution in [0.5, 0.6) is 0 Å². The lowest BCUT2D eigenvalue weighted by atomic mass is 10.2. The molecule has 0 aliphatic rings. The highest BCUT2D eigenvalue weighted by molar-refractivity contribution is 7.89. The van der Waals surface area contributed by atoms with Crippen molar-refractivity contribution in [3.63, 3.8) is 0 Å². The largest absolute Gasteiger partial charge is 0.362 e. The van der Waals surface area contributed by atoms with Gasteiger partial charge in [0.1, 0.15) is 5.82 Å². The van der Waals surface area contributed by atoms with Crippen LogP contribution in [-0.2, 0) is 26.2 Å². The van der Waals surface area contributed by atoms with E-state index in [4.69, 9.17) is 0 Å². The minimum atomic E-state index is -3.90. The van der Waals surface area contributed by atoms with Gasteiger partial charge in [0.2, 0.25) is 21.8 Å². The third-order valence-corrected chi connectivity index (χ3v) is 5.51. The first kappa shape index (κ1) is 22.3. The van der Waals surface area contributed by atoms with E-state index in [9.17, 15) is 18.0 Å². The molecule has 0 saturated heterocycles. The van der Waals surface area contributed by atoms with Crippen LogP contribution in [0.1, 0.15) is 19.4 Å². The monoisotopic (exact) mass is 419 g/mol. The number of hydrogen-bond donors (Lipinski definition) is 3. The van der Waals surface area contributed by atoms with E-state index in [1.54, 1.807) is 12.3 Å². The Balaban J connectivity index is 2.00. The van der Waals surface area contributed by atoms with Crippen molar-refractivity contribution in [2.45, 2.75) is 31.3 Å². The van der Waals surface area contributed by atoms with E-state index in [1.165, 1.54) is 38.1 Å². The van der Waals surface area contributed by atoms with Crippen LogP contribution in [0.4, 0.5) is 11.5 Å². The van der Waals surface area contributed by atoms with Crippen LogP contribution in [0.3, 0.4) is 0 Å². The van der Waals surface area contributed by atoms with Crippen molar-refractivity contribution >= 4 is 33.3 Å². The Kier molecular flexibility index (Phi) is 7.29. The van der Waals surface area contributed by atoms with E-state index < -0.39 is 22.0 Å². The zero-order valence-electron chi connectivity index (χ0n) is 16.8. The number of pyridine rings is 1. The lowest BCUT2D eigenvalue weighted by molar-refractivity contribution is -0.122. The molecule has 0 fully saturated rings. The molecular formula is C19H25N5O4S. The number of aromatic nitrogens is 1. The molecule has 2 rings (SSSR count). The summed E-state index contributed by atoms with van der Waals surface area (Å²) < 4.78 is 27.4. The molecular weight excluding hydrogens is 394 g/mol. The quantitative estimate of drug-likeness (QED) is 0.589. The molecule has 1 heterocycles. The van der Waals surface area contributed by atoms with E-state index in [-0.39, 0.29) is 17.3 Å². The van der Waals surface area contributed by atoms with Gasteiger partial charge in [0.05, 0.1) is 10.9 Å². The van der Waals surface area contributed by atoms with E-state index in [0.29, 0.717) is 5.69 Å². The number of anilines is 2. The molecule has 0 bridgehead atoms. The highest BCUT2D eigenvalue weighted by Gasteiger charge is 2.22. The molecule has 3 N–H and O–H groups in total. The summed E-state index contributed by atoms with van der Waals surface area (Å²) in [6.45, 7) is 3.05. The Labute approximate surface area is 170 Å². The summed E-state index contributed by atoms with van der Waals surface area (Å²) in [7, 11) is -0.201. The topological polar surface area (TPSA) is 120 Å². The molecule has 1 atom stereocenters. The molecule has 0 unspecified atom stereocenters. The van der Waals surface area contributed by atoms with Gasteiger partial charge < -0.3 is 15.5 Å². The molecule has 1 aromatic carbocycles. The Bertz CT molecular complexity index is 974. The third-order valence-electron chi connectivity index (χ3n) is 3.95. The number of carbonyl (C=O) groups excluding carboxylic acids is 2. The van der Waals surface area contributed by atoms with Gasteiger partial charge in [-0.25, -0.2) is 13.4 Å². The second-order valence-corrected chi connectivity index (χ2v) is 8.36. The number of rotatable bonds is 8. The second kappa shape index (κ2) is 9.48. The van der Waals surface area contributed by atoms with Gasteiger partial charge in [0.25, 0.3) is 0 Å².